The summed E-state index contributed by atoms with van der Waals surface area (Å²) in [6.07, 6.45) is 3.03. The molecule has 1 aromatic carbocycles. The number of amides is 2. The number of sulfonamides is 1. The Hall–Kier alpha value is -2.13. The fourth-order valence-electron chi connectivity index (χ4n) is 4.17. The van der Waals surface area contributed by atoms with Crippen molar-refractivity contribution in [1.82, 2.24) is 14.1 Å². The van der Waals surface area contributed by atoms with E-state index < -0.39 is 10.0 Å². The van der Waals surface area contributed by atoms with Gasteiger partial charge in [0.25, 0.3) is 5.91 Å². The highest BCUT2D eigenvalue weighted by Crippen LogP contribution is 2.26. The number of nitrogens with zero attached hydrogens (tertiary/aromatic N) is 3. The fourth-order valence-corrected chi connectivity index (χ4v) is 5.91. The van der Waals surface area contributed by atoms with Gasteiger partial charge in [0.1, 0.15) is 0 Å². The molecule has 0 aliphatic carbocycles. The van der Waals surface area contributed by atoms with Crippen molar-refractivity contribution >= 4 is 22.0 Å². The highest BCUT2D eigenvalue weighted by Gasteiger charge is 2.32. The molecule has 9 heteroatoms. The van der Waals surface area contributed by atoms with Gasteiger partial charge in [-0.25, -0.2) is 13.2 Å². The van der Waals surface area contributed by atoms with E-state index in [2.05, 4.69) is 0 Å². The molecule has 2 aliphatic rings. The van der Waals surface area contributed by atoms with Gasteiger partial charge >= 0.3 is 6.09 Å². The lowest BCUT2D eigenvalue weighted by molar-refractivity contribution is 0.0746. The Morgan fingerprint density at radius 2 is 1.75 bits per heavy atom. The van der Waals surface area contributed by atoms with Crippen LogP contribution in [0.2, 0.25) is 0 Å². The van der Waals surface area contributed by atoms with Crippen LogP contribution < -0.4 is 0 Å². The molecule has 0 N–H and O–H groups in total. The van der Waals surface area contributed by atoms with Crippen LogP contribution in [-0.2, 0) is 14.8 Å². The number of benzene rings is 1. The SMILES string of the molecule is CC(C)COC(=O)N1CCCN(C(=O)c2cccc(S(=O)(=O)N3CCCCC3C)c2)CC1. The van der Waals surface area contributed by atoms with E-state index in [4.69, 9.17) is 4.74 Å². The lowest BCUT2D eigenvalue weighted by atomic mass is 10.1. The van der Waals surface area contributed by atoms with Crippen molar-refractivity contribution in [3.8, 4) is 0 Å². The van der Waals surface area contributed by atoms with E-state index >= 15 is 0 Å². The van der Waals surface area contributed by atoms with Gasteiger partial charge in [-0.3, -0.25) is 4.79 Å². The molecule has 0 radical (unpaired) electrons. The molecule has 2 aliphatic heterocycles. The van der Waals surface area contributed by atoms with E-state index in [1.807, 2.05) is 20.8 Å². The first-order valence-electron chi connectivity index (χ1n) is 11.5. The molecule has 1 atom stereocenters. The third kappa shape index (κ3) is 5.81. The van der Waals surface area contributed by atoms with Gasteiger partial charge < -0.3 is 14.5 Å². The number of hydrogen-bond donors (Lipinski definition) is 0. The molecule has 0 saturated carbocycles. The molecule has 32 heavy (non-hydrogen) atoms. The number of ether oxygens (including phenoxy) is 1. The first kappa shape index (κ1) is 24.5. The van der Waals surface area contributed by atoms with Crippen LogP contribution in [0.5, 0.6) is 0 Å². The second kappa shape index (κ2) is 10.7. The minimum Gasteiger partial charge on any atom is -0.449 e. The molecule has 8 nitrogen and oxygen atoms in total. The zero-order valence-electron chi connectivity index (χ0n) is 19.3. The van der Waals surface area contributed by atoms with Crippen LogP contribution in [0.3, 0.4) is 0 Å². The molecule has 3 rings (SSSR count). The predicted octanol–water partition coefficient (Wildman–Crippen LogP) is 3.19. The average Bonchev–Trinajstić information content (AvgIpc) is 3.03. The average molecular weight is 466 g/mol. The predicted molar refractivity (Wildman–Crippen MR) is 122 cm³/mol. The lowest BCUT2D eigenvalue weighted by Crippen LogP contribution is -2.42. The second-order valence-corrected chi connectivity index (χ2v) is 11.0. The maximum absolute atomic E-state index is 13.2. The number of carbonyl (C=O) groups is 2. The molecule has 178 valence electrons. The lowest BCUT2D eigenvalue weighted by Gasteiger charge is -2.32. The van der Waals surface area contributed by atoms with Crippen molar-refractivity contribution in [1.29, 1.82) is 0 Å². The van der Waals surface area contributed by atoms with Crippen molar-refractivity contribution in [2.75, 3.05) is 39.3 Å². The fraction of sp³-hybridized carbons (Fsp3) is 0.652. The Morgan fingerprint density at radius 1 is 1.03 bits per heavy atom. The summed E-state index contributed by atoms with van der Waals surface area (Å²) < 4.78 is 33.2. The van der Waals surface area contributed by atoms with Gasteiger partial charge in [-0.1, -0.05) is 26.3 Å². The van der Waals surface area contributed by atoms with Gasteiger partial charge in [0.2, 0.25) is 10.0 Å². The number of rotatable bonds is 5. The topological polar surface area (TPSA) is 87.2 Å². The van der Waals surface area contributed by atoms with Gasteiger partial charge in [-0.2, -0.15) is 4.31 Å². The smallest absolute Gasteiger partial charge is 0.409 e. The minimum absolute atomic E-state index is 0.0415. The molecule has 0 bridgehead atoms. The largest absolute Gasteiger partial charge is 0.449 e. The van der Waals surface area contributed by atoms with Crippen LogP contribution in [0, 0.1) is 5.92 Å². The van der Waals surface area contributed by atoms with E-state index in [1.54, 1.807) is 32.3 Å². The summed E-state index contributed by atoms with van der Waals surface area (Å²) in [7, 11) is -3.65. The Balaban J connectivity index is 1.68. The molecule has 1 unspecified atom stereocenters. The summed E-state index contributed by atoms with van der Waals surface area (Å²) in [4.78, 5) is 28.9. The Kier molecular flexibility index (Phi) is 8.16. The van der Waals surface area contributed by atoms with E-state index in [-0.39, 0.29) is 28.9 Å². The third-order valence-corrected chi connectivity index (χ3v) is 8.02. The van der Waals surface area contributed by atoms with Crippen molar-refractivity contribution in [3.05, 3.63) is 29.8 Å². The zero-order chi connectivity index (χ0) is 23.3. The third-order valence-electron chi connectivity index (χ3n) is 6.01. The second-order valence-electron chi connectivity index (χ2n) is 9.09. The van der Waals surface area contributed by atoms with Crippen molar-refractivity contribution < 1.29 is 22.7 Å². The van der Waals surface area contributed by atoms with Crippen molar-refractivity contribution in [2.24, 2.45) is 5.92 Å². The first-order valence-corrected chi connectivity index (χ1v) is 13.0. The van der Waals surface area contributed by atoms with Crippen molar-refractivity contribution in [3.63, 3.8) is 0 Å². The van der Waals surface area contributed by atoms with E-state index in [9.17, 15) is 18.0 Å². The summed E-state index contributed by atoms with van der Waals surface area (Å²) in [6, 6.07) is 6.28. The Morgan fingerprint density at radius 3 is 2.47 bits per heavy atom. The minimum atomic E-state index is -3.65. The molecule has 2 saturated heterocycles. The van der Waals surface area contributed by atoms with E-state index in [0.717, 1.165) is 19.3 Å². The Labute approximate surface area is 191 Å². The molecule has 2 heterocycles. The van der Waals surface area contributed by atoms with Crippen LogP contribution in [0.25, 0.3) is 0 Å². The molecule has 1 aromatic rings. The summed E-state index contributed by atoms with van der Waals surface area (Å²) in [5.74, 6) is 0.0478. The molecule has 0 spiro atoms. The van der Waals surface area contributed by atoms with Gasteiger partial charge in [-0.15, -0.1) is 0 Å². The highest BCUT2D eigenvalue weighted by molar-refractivity contribution is 7.89. The summed E-state index contributed by atoms with van der Waals surface area (Å²) >= 11 is 0. The quantitative estimate of drug-likeness (QED) is 0.667. The van der Waals surface area contributed by atoms with Crippen LogP contribution >= 0.6 is 0 Å². The Bertz CT molecular complexity index is 918. The van der Waals surface area contributed by atoms with Gasteiger partial charge in [0.05, 0.1) is 11.5 Å². The summed E-state index contributed by atoms with van der Waals surface area (Å²) in [6.45, 7) is 8.59. The molecule has 2 amide bonds. The van der Waals surface area contributed by atoms with Crippen LogP contribution in [0.15, 0.2) is 29.2 Å². The monoisotopic (exact) mass is 465 g/mol. The molecular weight excluding hydrogens is 430 g/mol. The number of piperidine rings is 1. The van der Waals surface area contributed by atoms with Gasteiger partial charge in [-0.05, 0) is 50.3 Å². The highest BCUT2D eigenvalue weighted by atomic mass is 32.2. The van der Waals surface area contributed by atoms with E-state index in [0.29, 0.717) is 51.3 Å². The summed E-state index contributed by atoms with van der Waals surface area (Å²) in [5.41, 5.74) is 0.353. The normalized spacial score (nSPS) is 20.8. The van der Waals surface area contributed by atoms with Crippen molar-refractivity contribution in [2.45, 2.75) is 57.4 Å². The first-order chi connectivity index (χ1) is 15.2. The maximum Gasteiger partial charge on any atom is 0.409 e. The van der Waals surface area contributed by atoms with Gasteiger partial charge in [0.15, 0.2) is 0 Å². The molecule has 2 fully saturated rings. The standard InChI is InChI=1S/C23H35N3O5S/c1-18(2)17-31-23(28)25-12-7-11-24(14-15-25)22(27)20-9-6-10-21(16-20)32(29,30)26-13-5-4-8-19(26)3/h6,9-10,16,18-19H,4-5,7-8,11-15,17H2,1-3H3. The van der Waals surface area contributed by atoms with E-state index in [1.165, 1.54) is 6.07 Å². The summed E-state index contributed by atoms with van der Waals surface area (Å²) in [5, 5.41) is 0. The number of hydrogen-bond acceptors (Lipinski definition) is 5. The van der Waals surface area contributed by atoms with Crippen LogP contribution in [0.1, 0.15) is 56.8 Å². The zero-order valence-corrected chi connectivity index (χ0v) is 20.1. The maximum atomic E-state index is 13.2. The van der Waals surface area contributed by atoms with Crippen LogP contribution in [0.4, 0.5) is 4.79 Å². The molecular formula is C23H35N3O5S. The number of carbonyl (C=O) groups excluding carboxylic acids is 2. The van der Waals surface area contributed by atoms with Crippen LogP contribution in [-0.4, -0.2) is 79.9 Å². The van der Waals surface area contributed by atoms with Gasteiger partial charge in [0, 0.05) is 44.3 Å². The molecule has 0 aromatic heterocycles.